The number of H-pyrrole nitrogens is 1. The van der Waals surface area contributed by atoms with Crippen molar-refractivity contribution in [2.75, 3.05) is 25.9 Å². The molecule has 150 valence electrons. The summed E-state index contributed by atoms with van der Waals surface area (Å²) in [5, 5.41) is 1.32. The summed E-state index contributed by atoms with van der Waals surface area (Å²) in [6.45, 7) is 3.40. The highest BCUT2D eigenvalue weighted by atomic mass is 32.2. The first-order valence-electron chi connectivity index (χ1n) is 10.6. The van der Waals surface area contributed by atoms with Crippen molar-refractivity contribution in [3.8, 4) is 0 Å². The van der Waals surface area contributed by atoms with E-state index in [1.54, 1.807) is 6.26 Å². The van der Waals surface area contributed by atoms with Gasteiger partial charge < -0.3 is 9.54 Å². The van der Waals surface area contributed by atoms with Gasteiger partial charge in [-0.25, -0.2) is 0 Å². The van der Waals surface area contributed by atoms with Gasteiger partial charge in [-0.3, -0.25) is 4.90 Å². The highest BCUT2D eigenvalue weighted by Gasteiger charge is 2.25. The van der Waals surface area contributed by atoms with Gasteiger partial charge in [0.25, 0.3) is 0 Å². The molecule has 2 atom stereocenters. The third-order valence-electron chi connectivity index (χ3n) is 6.55. The Bertz CT molecular complexity index is 1040. The summed E-state index contributed by atoms with van der Waals surface area (Å²) in [4.78, 5) is 7.13. The summed E-state index contributed by atoms with van der Waals surface area (Å²) in [6.07, 6.45) is 8.83. The Morgan fingerprint density at radius 3 is 2.76 bits per heavy atom. The van der Waals surface area contributed by atoms with Crippen LogP contribution in [0.4, 0.5) is 0 Å². The maximum atomic E-state index is 11.8. The van der Waals surface area contributed by atoms with E-state index in [4.69, 9.17) is 0 Å². The molecule has 29 heavy (non-hydrogen) atoms. The third kappa shape index (κ3) is 3.89. The van der Waals surface area contributed by atoms with E-state index in [1.165, 1.54) is 40.7 Å². The number of hydrogen-bond acceptors (Lipinski definition) is 2. The Kier molecular flexibility index (Phi) is 5.25. The summed E-state index contributed by atoms with van der Waals surface area (Å²) in [5.41, 5.74) is 6.90. The van der Waals surface area contributed by atoms with E-state index in [1.807, 2.05) is 6.07 Å². The molecule has 0 amide bonds. The molecule has 1 aliphatic carbocycles. The average molecular weight is 405 g/mol. The van der Waals surface area contributed by atoms with Gasteiger partial charge in [0.15, 0.2) is 4.90 Å². The molecular formula is C25H28N2OS. The number of aromatic amines is 1. The van der Waals surface area contributed by atoms with Gasteiger partial charge in [0.05, 0.1) is 5.52 Å². The lowest BCUT2D eigenvalue weighted by Crippen LogP contribution is -2.35. The van der Waals surface area contributed by atoms with E-state index in [0.29, 0.717) is 5.92 Å². The predicted molar refractivity (Wildman–Crippen MR) is 122 cm³/mol. The first-order chi connectivity index (χ1) is 14.2. The molecular weight excluding hydrogens is 376 g/mol. The number of benzene rings is 2. The van der Waals surface area contributed by atoms with Crippen LogP contribution in [0, 0.1) is 5.92 Å². The van der Waals surface area contributed by atoms with Crippen LogP contribution < -0.4 is 0 Å². The maximum absolute atomic E-state index is 11.8. The number of nitrogens with one attached hydrogen (secondary N) is 1. The molecule has 3 aromatic rings. The molecule has 0 bridgehead atoms. The minimum Gasteiger partial charge on any atom is -0.612 e. The van der Waals surface area contributed by atoms with E-state index in [2.05, 4.69) is 58.4 Å². The van der Waals surface area contributed by atoms with Crippen molar-refractivity contribution in [3.05, 3.63) is 71.4 Å². The van der Waals surface area contributed by atoms with Gasteiger partial charge >= 0.3 is 0 Å². The molecule has 1 aromatic heterocycles. The number of rotatable bonds is 4. The Labute approximate surface area is 176 Å². The zero-order valence-electron chi connectivity index (χ0n) is 17.0. The fourth-order valence-corrected chi connectivity index (χ4v) is 5.51. The lowest BCUT2D eigenvalue weighted by Gasteiger charge is -2.32. The first-order valence-corrected chi connectivity index (χ1v) is 12.2. The molecule has 0 fully saturated rings. The number of nitrogens with zero attached hydrogens (tertiary/aromatic N) is 1. The minimum atomic E-state index is -0.932. The van der Waals surface area contributed by atoms with E-state index >= 15 is 0 Å². The molecule has 2 aromatic carbocycles. The molecule has 0 saturated carbocycles. The lowest BCUT2D eigenvalue weighted by atomic mass is 9.85. The number of hydrogen-bond donors (Lipinski definition) is 1. The standard InChI is InChI=1S/C25H28N2OS/c1-29(28)21-8-9-22-23-15-18(7-10-24(23)26-25(22)16-21)17-27-13-11-20(12-14-27)19-5-3-2-4-6-19/h2-6,8-9,11,16,18,26H,7,10,12-15,17H2,1H3. The molecule has 4 heteroatoms. The van der Waals surface area contributed by atoms with Crippen LogP contribution in [0.3, 0.4) is 0 Å². The maximum Gasteiger partial charge on any atom is 0.154 e. The normalized spacial score (nSPS) is 21.0. The van der Waals surface area contributed by atoms with Crippen molar-refractivity contribution in [2.45, 2.75) is 30.6 Å². The Morgan fingerprint density at radius 1 is 1.14 bits per heavy atom. The van der Waals surface area contributed by atoms with Gasteiger partial charge in [0.1, 0.15) is 6.26 Å². The van der Waals surface area contributed by atoms with E-state index in [-0.39, 0.29) is 0 Å². The van der Waals surface area contributed by atoms with Gasteiger partial charge in [-0.05, 0) is 71.6 Å². The summed E-state index contributed by atoms with van der Waals surface area (Å²) < 4.78 is 11.8. The molecule has 1 aliphatic heterocycles. The van der Waals surface area contributed by atoms with Gasteiger partial charge in [-0.2, -0.15) is 0 Å². The summed E-state index contributed by atoms with van der Waals surface area (Å²) >= 11 is -0.932. The predicted octanol–water partition coefficient (Wildman–Crippen LogP) is 4.80. The average Bonchev–Trinajstić information content (AvgIpc) is 3.12. The number of fused-ring (bicyclic) bond motifs is 3. The molecule has 0 saturated heterocycles. The van der Waals surface area contributed by atoms with Gasteiger partial charge in [0, 0.05) is 36.8 Å². The smallest absolute Gasteiger partial charge is 0.154 e. The molecule has 2 heterocycles. The van der Waals surface area contributed by atoms with E-state index < -0.39 is 11.2 Å². The van der Waals surface area contributed by atoms with E-state index in [0.717, 1.165) is 42.8 Å². The quantitative estimate of drug-likeness (QED) is 0.635. The van der Waals surface area contributed by atoms with Crippen molar-refractivity contribution in [1.82, 2.24) is 9.88 Å². The molecule has 2 aliphatic rings. The van der Waals surface area contributed by atoms with Crippen molar-refractivity contribution in [2.24, 2.45) is 5.92 Å². The summed E-state index contributed by atoms with van der Waals surface area (Å²) in [6, 6.07) is 17.1. The monoisotopic (exact) mass is 404 g/mol. The van der Waals surface area contributed by atoms with Crippen LogP contribution in [0.25, 0.3) is 16.5 Å². The minimum absolute atomic E-state index is 0.716. The molecule has 5 rings (SSSR count). The molecule has 0 radical (unpaired) electrons. The third-order valence-corrected chi connectivity index (χ3v) is 7.47. The molecule has 0 spiro atoms. The fraction of sp³-hybridized carbons (Fsp3) is 0.360. The van der Waals surface area contributed by atoms with Crippen LogP contribution in [-0.4, -0.2) is 40.3 Å². The zero-order valence-corrected chi connectivity index (χ0v) is 17.8. The first kappa shape index (κ1) is 19.0. The van der Waals surface area contributed by atoms with Crippen LogP contribution in [0.5, 0.6) is 0 Å². The van der Waals surface area contributed by atoms with E-state index in [9.17, 15) is 4.55 Å². The van der Waals surface area contributed by atoms with Crippen LogP contribution in [0.2, 0.25) is 0 Å². The van der Waals surface area contributed by atoms with Gasteiger partial charge in [-0.1, -0.05) is 36.4 Å². The second-order valence-corrected chi connectivity index (χ2v) is 9.84. The topological polar surface area (TPSA) is 42.1 Å². The highest BCUT2D eigenvalue weighted by Crippen LogP contribution is 2.33. The highest BCUT2D eigenvalue weighted by molar-refractivity contribution is 7.90. The Balaban J connectivity index is 1.27. The lowest BCUT2D eigenvalue weighted by molar-refractivity contribution is 0.238. The van der Waals surface area contributed by atoms with Gasteiger partial charge in [-0.15, -0.1) is 0 Å². The van der Waals surface area contributed by atoms with Crippen LogP contribution in [-0.2, 0) is 24.0 Å². The summed E-state index contributed by atoms with van der Waals surface area (Å²) in [5.74, 6) is 0.716. The fourth-order valence-electron chi connectivity index (χ4n) is 4.97. The van der Waals surface area contributed by atoms with Gasteiger partial charge in [0.2, 0.25) is 0 Å². The van der Waals surface area contributed by atoms with Crippen molar-refractivity contribution >= 4 is 27.7 Å². The molecule has 2 unspecified atom stereocenters. The van der Waals surface area contributed by atoms with Crippen LogP contribution >= 0.6 is 0 Å². The van der Waals surface area contributed by atoms with Crippen LogP contribution in [0.15, 0.2) is 59.5 Å². The SMILES string of the molecule is C[S+]([O-])c1ccc2c3c([nH]c2c1)CCC(CN1CC=C(c2ccccc2)CC1)C3. The second-order valence-electron chi connectivity index (χ2n) is 8.46. The molecule has 3 nitrogen and oxygen atoms in total. The van der Waals surface area contributed by atoms with Crippen molar-refractivity contribution < 1.29 is 4.55 Å². The zero-order chi connectivity index (χ0) is 19.8. The van der Waals surface area contributed by atoms with Crippen LogP contribution in [0.1, 0.15) is 29.7 Å². The summed E-state index contributed by atoms with van der Waals surface area (Å²) in [7, 11) is 0. The van der Waals surface area contributed by atoms with Crippen molar-refractivity contribution in [1.29, 1.82) is 0 Å². The number of aromatic nitrogens is 1. The largest absolute Gasteiger partial charge is 0.612 e. The Hall–Kier alpha value is -2.01. The number of aryl methyl sites for hydroxylation is 1. The molecule has 1 N–H and O–H groups in total. The van der Waals surface area contributed by atoms with Crippen molar-refractivity contribution in [3.63, 3.8) is 0 Å². The Morgan fingerprint density at radius 2 is 2.00 bits per heavy atom. The second kappa shape index (κ2) is 8.02.